The summed E-state index contributed by atoms with van der Waals surface area (Å²) in [5.41, 5.74) is 3.49. The van der Waals surface area contributed by atoms with Gasteiger partial charge in [-0.3, -0.25) is 0 Å². The van der Waals surface area contributed by atoms with Crippen LogP contribution in [0.4, 0.5) is 10.9 Å². The third kappa shape index (κ3) is 2.86. The molecule has 2 aromatic heterocycles. The zero-order valence-corrected chi connectivity index (χ0v) is 12.0. The van der Waals surface area contributed by atoms with Gasteiger partial charge in [-0.2, -0.15) is 0 Å². The summed E-state index contributed by atoms with van der Waals surface area (Å²) in [4.78, 5) is 8.83. The minimum absolute atomic E-state index is 0.815. The number of thiazole rings is 1. The third-order valence-corrected chi connectivity index (χ3v) is 3.82. The molecule has 0 fully saturated rings. The van der Waals surface area contributed by atoms with E-state index in [2.05, 4.69) is 51.9 Å². The monoisotopic (exact) mass is 281 g/mol. The number of nitrogens with one attached hydrogen (secondary N) is 1. The van der Waals surface area contributed by atoms with Gasteiger partial charge in [0.25, 0.3) is 0 Å². The highest BCUT2D eigenvalue weighted by atomic mass is 32.1. The molecule has 2 heterocycles. The lowest BCUT2D eigenvalue weighted by atomic mass is 10.1. The quantitative estimate of drug-likeness (QED) is 0.764. The van der Waals surface area contributed by atoms with Crippen molar-refractivity contribution < 1.29 is 0 Å². The molecule has 0 aliphatic heterocycles. The maximum atomic E-state index is 4.60. The maximum Gasteiger partial charge on any atom is 0.188 e. The molecule has 0 amide bonds. The van der Waals surface area contributed by atoms with E-state index in [1.54, 1.807) is 17.5 Å². The van der Waals surface area contributed by atoms with Gasteiger partial charge in [-0.25, -0.2) is 9.97 Å². The molecule has 0 spiro atoms. The summed E-state index contributed by atoms with van der Waals surface area (Å²) in [5.74, 6) is 0.815. The summed E-state index contributed by atoms with van der Waals surface area (Å²) in [6, 6.07) is 14.3. The Morgan fingerprint density at radius 1 is 1.10 bits per heavy atom. The Morgan fingerprint density at radius 2 is 1.95 bits per heavy atom. The first-order valence-corrected chi connectivity index (χ1v) is 7.46. The van der Waals surface area contributed by atoms with E-state index in [4.69, 9.17) is 0 Å². The van der Waals surface area contributed by atoms with Crippen LogP contribution in [-0.4, -0.2) is 9.97 Å². The third-order valence-electron chi connectivity index (χ3n) is 3.06. The fourth-order valence-corrected chi connectivity index (χ4v) is 2.65. The summed E-state index contributed by atoms with van der Waals surface area (Å²) in [5, 5.41) is 6.13. The molecule has 3 nitrogen and oxygen atoms in total. The van der Waals surface area contributed by atoms with Crippen molar-refractivity contribution in [2.75, 3.05) is 5.32 Å². The normalized spacial score (nSPS) is 10.4. The van der Waals surface area contributed by atoms with Crippen molar-refractivity contribution in [2.45, 2.75) is 13.3 Å². The second kappa shape index (κ2) is 5.84. The fraction of sp³-hybridized carbons (Fsp3) is 0.125. The smallest absolute Gasteiger partial charge is 0.188 e. The van der Waals surface area contributed by atoms with Gasteiger partial charge in [0.15, 0.2) is 5.13 Å². The minimum Gasteiger partial charge on any atom is -0.316 e. The van der Waals surface area contributed by atoms with Gasteiger partial charge in [0.05, 0.1) is 5.69 Å². The Hall–Kier alpha value is -2.20. The standard InChI is InChI=1S/C16H15N3S/c1-2-12-6-8-13(9-7-12)14-11-20-16(18-14)19-15-5-3-4-10-17-15/h3-11H,2H2,1H3,(H,17,18,19). The Kier molecular flexibility index (Phi) is 3.74. The van der Waals surface area contributed by atoms with Crippen molar-refractivity contribution in [1.29, 1.82) is 0 Å². The molecule has 0 bridgehead atoms. The van der Waals surface area contributed by atoms with Crippen molar-refractivity contribution in [3.63, 3.8) is 0 Å². The molecule has 3 aromatic rings. The van der Waals surface area contributed by atoms with Crippen LogP contribution in [0.5, 0.6) is 0 Å². The molecule has 0 radical (unpaired) electrons. The van der Waals surface area contributed by atoms with Gasteiger partial charge in [-0.05, 0) is 24.1 Å². The highest BCUT2D eigenvalue weighted by molar-refractivity contribution is 7.14. The number of hydrogen-bond acceptors (Lipinski definition) is 4. The van der Waals surface area contributed by atoms with Crippen LogP contribution in [0.2, 0.25) is 0 Å². The minimum atomic E-state index is 0.815. The average molecular weight is 281 g/mol. The number of benzene rings is 1. The fourth-order valence-electron chi connectivity index (χ4n) is 1.92. The maximum absolute atomic E-state index is 4.60. The first-order chi connectivity index (χ1) is 9.85. The lowest BCUT2D eigenvalue weighted by Crippen LogP contribution is -1.91. The zero-order valence-electron chi connectivity index (χ0n) is 11.2. The van der Waals surface area contributed by atoms with Crippen LogP contribution in [0.25, 0.3) is 11.3 Å². The van der Waals surface area contributed by atoms with Crippen LogP contribution in [0.3, 0.4) is 0 Å². The van der Waals surface area contributed by atoms with Crippen LogP contribution in [-0.2, 0) is 6.42 Å². The van der Waals surface area contributed by atoms with Gasteiger partial charge in [0.1, 0.15) is 5.82 Å². The lowest BCUT2D eigenvalue weighted by Gasteiger charge is -2.00. The van der Waals surface area contributed by atoms with Crippen molar-refractivity contribution >= 4 is 22.3 Å². The molecule has 0 atom stereocenters. The van der Waals surface area contributed by atoms with Crippen molar-refractivity contribution in [3.8, 4) is 11.3 Å². The molecule has 0 aliphatic carbocycles. The molecule has 100 valence electrons. The highest BCUT2D eigenvalue weighted by Gasteiger charge is 2.05. The van der Waals surface area contributed by atoms with Crippen molar-refractivity contribution in [1.82, 2.24) is 9.97 Å². The van der Waals surface area contributed by atoms with Crippen molar-refractivity contribution in [2.24, 2.45) is 0 Å². The number of nitrogens with zero attached hydrogens (tertiary/aromatic N) is 2. The number of aromatic nitrogens is 2. The molecule has 20 heavy (non-hydrogen) atoms. The molecule has 0 saturated heterocycles. The van der Waals surface area contributed by atoms with Gasteiger partial charge >= 0.3 is 0 Å². The van der Waals surface area contributed by atoms with E-state index in [0.717, 1.165) is 28.6 Å². The Bertz CT molecular complexity index is 674. The molecule has 4 heteroatoms. The van der Waals surface area contributed by atoms with E-state index in [1.165, 1.54) is 5.56 Å². The molecule has 0 aliphatic rings. The summed E-state index contributed by atoms with van der Waals surface area (Å²) in [6.45, 7) is 2.16. The summed E-state index contributed by atoms with van der Waals surface area (Å²) in [7, 11) is 0. The van der Waals surface area contributed by atoms with Crippen LogP contribution in [0, 0.1) is 0 Å². The van der Waals surface area contributed by atoms with Gasteiger partial charge in [0.2, 0.25) is 0 Å². The molecule has 0 unspecified atom stereocenters. The molecule has 0 saturated carbocycles. The molecule has 1 aromatic carbocycles. The number of anilines is 2. The Balaban J connectivity index is 1.79. The summed E-state index contributed by atoms with van der Waals surface area (Å²) >= 11 is 1.59. The topological polar surface area (TPSA) is 37.8 Å². The van der Waals surface area contributed by atoms with Gasteiger partial charge in [0, 0.05) is 17.1 Å². The van der Waals surface area contributed by atoms with Gasteiger partial charge in [-0.15, -0.1) is 11.3 Å². The van der Waals surface area contributed by atoms with Crippen LogP contribution < -0.4 is 5.32 Å². The van der Waals surface area contributed by atoms with Gasteiger partial charge in [-0.1, -0.05) is 37.3 Å². The van der Waals surface area contributed by atoms with Crippen LogP contribution in [0.15, 0.2) is 54.0 Å². The largest absolute Gasteiger partial charge is 0.316 e. The van der Waals surface area contributed by atoms with E-state index >= 15 is 0 Å². The molecule has 3 rings (SSSR count). The van der Waals surface area contributed by atoms with E-state index in [-0.39, 0.29) is 0 Å². The average Bonchev–Trinajstić information content (AvgIpc) is 2.97. The van der Waals surface area contributed by atoms with E-state index in [9.17, 15) is 0 Å². The van der Waals surface area contributed by atoms with Crippen molar-refractivity contribution in [3.05, 3.63) is 59.6 Å². The number of pyridine rings is 1. The second-order valence-corrected chi connectivity index (χ2v) is 5.29. The first kappa shape index (κ1) is 12.8. The Morgan fingerprint density at radius 3 is 2.65 bits per heavy atom. The molecule has 1 N–H and O–H groups in total. The number of rotatable bonds is 4. The lowest BCUT2D eigenvalue weighted by molar-refractivity contribution is 1.14. The van der Waals surface area contributed by atoms with Crippen LogP contribution in [0.1, 0.15) is 12.5 Å². The molecular formula is C16H15N3S. The highest BCUT2D eigenvalue weighted by Crippen LogP contribution is 2.26. The number of aryl methyl sites for hydroxylation is 1. The van der Waals surface area contributed by atoms with Crippen LogP contribution >= 0.6 is 11.3 Å². The van der Waals surface area contributed by atoms with Gasteiger partial charge < -0.3 is 5.32 Å². The molecular weight excluding hydrogens is 266 g/mol. The second-order valence-electron chi connectivity index (χ2n) is 4.43. The zero-order chi connectivity index (χ0) is 13.8. The van der Waals surface area contributed by atoms with E-state index in [0.29, 0.717) is 0 Å². The predicted octanol–water partition coefficient (Wildman–Crippen LogP) is 4.51. The summed E-state index contributed by atoms with van der Waals surface area (Å²) in [6.07, 6.45) is 2.82. The summed E-state index contributed by atoms with van der Waals surface area (Å²) < 4.78 is 0. The Labute approximate surface area is 122 Å². The SMILES string of the molecule is CCc1ccc(-c2csc(Nc3ccccn3)n2)cc1. The van der Waals surface area contributed by atoms with E-state index in [1.807, 2.05) is 18.2 Å². The predicted molar refractivity (Wildman–Crippen MR) is 84.4 cm³/mol. The first-order valence-electron chi connectivity index (χ1n) is 6.58. The van der Waals surface area contributed by atoms with E-state index < -0.39 is 0 Å². The number of hydrogen-bond donors (Lipinski definition) is 1.